The van der Waals surface area contributed by atoms with Gasteiger partial charge in [-0.25, -0.2) is 9.97 Å². The number of hydrogen-bond acceptors (Lipinski definition) is 4. The van der Waals surface area contributed by atoms with Crippen LogP contribution in [0.5, 0.6) is 0 Å². The van der Waals surface area contributed by atoms with Gasteiger partial charge < -0.3 is 14.7 Å². The van der Waals surface area contributed by atoms with Gasteiger partial charge in [0.1, 0.15) is 11.3 Å². The molecular weight excluding hydrogens is 445 g/mol. The highest BCUT2D eigenvalue weighted by atomic mass is 19.4. The quantitative estimate of drug-likeness (QED) is 0.346. The number of imidazole rings is 2. The van der Waals surface area contributed by atoms with Gasteiger partial charge in [-0.2, -0.15) is 13.2 Å². The fraction of sp³-hybridized carbons (Fsp3) is 0.125. The Bertz CT molecular complexity index is 1520. The standard InChI is InChI=1S/C24H19F3N6O/c1-28-12-16-5-3-9-33-13-20(29-21(16)33)22(34)32-23-30-18-8-7-15(11-19(18)31-23)14-4-2-6-17(10-14)24(25,26)27/h2-11,13,28H,12H2,1H3,(H2,30,31,32,34). The van der Waals surface area contributed by atoms with Crippen molar-refractivity contribution >= 4 is 28.5 Å². The molecule has 5 aromatic rings. The number of halogens is 3. The van der Waals surface area contributed by atoms with Gasteiger partial charge >= 0.3 is 6.18 Å². The second-order valence-electron chi connectivity index (χ2n) is 7.77. The van der Waals surface area contributed by atoms with E-state index in [0.717, 1.165) is 17.7 Å². The summed E-state index contributed by atoms with van der Waals surface area (Å²) in [4.78, 5) is 24.6. The average molecular weight is 464 g/mol. The lowest BCUT2D eigenvalue weighted by molar-refractivity contribution is -0.137. The number of benzene rings is 2. The first kappa shape index (κ1) is 21.7. The predicted octanol–water partition coefficient (Wildman–Crippen LogP) is 4.87. The molecule has 0 spiro atoms. The van der Waals surface area contributed by atoms with Crippen LogP contribution in [-0.4, -0.2) is 32.3 Å². The number of alkyl halides is 3. The van der Waals surface area contributed by atoms with Crippen molar-refractivity contribution in [1.29, 1.82) is 0 Å². The van der Waals surface area contributed by atoms with Crippen molar-refractivity contribution in [3.8, 4) is 11.1 Å². The maximum absolute atomic E-state index is 13.1. The van der Waals surface area contributed by atoms with E-state index in [9.17, 15) is 18.0 Å². The zero-order valence-corrected chi connectivity index (χ0v) is 17.9. The Balaban J connectivity index is 1.41. The van der Waals surface area contributed by atoms with E-state index in [1.807, 2.05) is 25.4 Å². The molecule has 5 rings (SSSR count). The monoisotopic (exact) mass is 464 g/mol. The van der Waals surface area contributed by atoms with Crippen molar-refractivity contribution in [2.24, 2.45) is 0 Å². The van der Waals surface area contributed by atoms with Crippen molar-refractivity contribution in [3.05, 3.63) is 83.8 Å². The van der Waals surface area contributed by atoms with E-state index < -0.39 is 17.6 Å². The SMILES string of the molecule is CNCc1cccn2cc(C(=O)Nc3nc4ccc(-c5cccc(C(F)(F)F)c5)cc4[nH]3)nc12. The third-order valence-corrected chi connectivity index (χ3v) is 5.40. The van der Waals surface area contributed by atoms with Crippen molar-refractivity contribution in [2.45, 2.75) is 12.7 Å². The van der Waals surface area contributed by atoms with E-state index in [1.165, 1.54) is 6.07 Å². The molecule has 34 heavy (non-hydrogen) atoms. The number of fused-ring (bicyclic) bond motifs is 2. The third kappa shape index (κ3) is 4.11. The molecule has 0 bridgehead atoms. The number of anilines is 1. The van der Waals surface area contributed by atoms with Gasteiger partial charge in [0, 0.05) is 24.5 Å². The zero-order chi connectivity index (χ0) is 23.9. The predicted molar refractivity (Wildman–Crippen MR) is 122 cm³/mol. The van der Waals surface area contributed by atoms with Gasteiger partial charge in [0.05, 0.1) is 16.6 Å². The van der Waals surface area contributed by atoms with Crippen molar-refractivity contribution in [1.82, 2.24) is 24.7 Å². The normalized spacial score (nSPS) is 11.9. The number of aromatic amines is 1. The number of carbonyl (C=O) groups is 1. The minimum absolute atomic E-state index is 0.216. The van der Waals surface area contributed by atoms with Gasteiger partial charge in [0.15, 0.2) is 0 Å². The van der Waals surface area contributed by atoms with E-state index in [4.69, 9.17) is 0 Å². The topological polar surface area (TPSA) is 87.1 Å². The van der Waals surface area contributed by atoms with Crippen molar-refractivity contribution < 1.29 is 18.0 Å². The summed E-state index contributed by atoms with van der Waals surface area (Å²) < 4.78 is 41.0. The molecule has 0 unspecified atom stereocenters. The molecule has 0 atom stereocenters. The number of rotatable bonds is 5. The van der Waals surface area contributed by atoms with E-state index in [2.05, 4.69) is 25.6 Å². The van der Waals surface area contributed by atoms with Crippen LogP contribution in [0.2, 0.25) is 0 Å². The number of nitrogens with one attached hydrogen (secondary N) is 3. The van der Waals surface area contributed by atoms with E-state index in [1.54, 1.807) is 34.9 Å². The molecule has 3 heterocycles. The van der Waals surface area contributed by atoms with E-state index >= 15 is 0 Å². The lowest BCUT2D eigenvalue weighted by Gasteiger charge is -2.08. The van der Waals surface area contributed by atoms with Gasteiger partial charge in [0.25, 0.3) is 5.91 Å². The Kier molecular flexibility index (Phi) is 5.29. The fourth-order valence-corrected chi connectivity index (χ4v) is 3.80. The van der Waals surface area contributed by atoms with Crippen LogP contribution in [0.1, 0.15) is 21.6 Å². The molecule has 10 heteroatoms. The van der Waals surface area contributed by atoms with E-state index in [-0.39, 0.29) is 11.6 Å². The average Bonchev–Trinajstić information content (AvgIpc) is 3.42. The smallest absolute Gasteiger partial charge is 0.324 e. The summed E-state index contributed by atoms with van der Waals surface area (Å²) in [5.74, 6) is -0.218. The van der Waals surface area contributed by atoms with Gasteiger partial charge in [-0.05, 0) is 48.5 Å². The van der Waals surface area contributed by atoms with Crippen molar-refractivity contribution in [2.75, 3.05) is 12.4 Å². The highest BCUT2D eigenvalue weighted by Gasteiger charge is 2.30. The molecule has 0 aliphatic heterocycles. The van der Waals surface area contributed by atoms with Crippen LogP contribution in [0.3, 0.4) is 0 Å². The maximum atomic E-state index is 13.1. The molecule has 7 nitrogen and oxygen atoms in total. The minimum Gasteiger partial charge on any atom is -0.324 e. The highest BCUT2D eigenvalue weighted by Crippen LogP contribution is 2.33. The van der Waals surface area contributed by atoms with Crippen LogP contribution in [-0.2, 0) is 12.7 Å². The molecule has 1 amide bonds. The Hall–Kier alpha value is -4.18. The largest absolute Gasteiger partial charge is 0.416 e. The van der Waals surface area contributed by atoms with E-state index in [0.29, 0.717) is 34.4 Å². The number of amides is 1. The Morgan fingerprint density at radius 1 is 1.06 bits per heavy atom. The molecule has 172 valence electrons. The number of aromatic nitrogens is 4. The molecule has 3 N–H and O–H groups in total. The molecule has 0 fully saturated rings. The van der Waals surface area contributed by atoms with Gasteiger partial charge in [-0.3, -0.25) is 10.1 Å². The molecule has 0 saturated heterocycles. The number of nitrogens with zero attached hydrogens (tertiary/aromatic N) is 3. The summed E-state index contributed by atoms with van der Waals surface area (Å²) in [6, 6.07) is 14.0. The van der Waals surface area contributed by atoms with Crippen LogP contribution in [0.15, 0.2) is 67.0 Å². The second kappa shape index (κ2) is 8.31. The molecule has 0 aliphatic rings. The summed E-state index contributed by atoms with van der Waals surface area (Å²) in [6.07, 6.45) is -0.968. The molecule has 0 radical (unpaired) electrons. The Morgan fingerprint density at radius 2 is 1.88 bits per heavy atom. The number of carbonyl (C=O) groups excluding carboxylic acids is 1. The fourth-order valence-electron chi connectivity index (χ4n) is 3.80. The first-order chi connectivity index (χ1) is 16.3. The Labute approximate surface area is 191 Å². The number of H-pyrrole nitrogens is 1. The van der Waals surface area contributed by atoms with Gasteiger partial charge in [-0.1, -0.05) is 24.3 Å². The highest BCUT2D eigenvalue weighted by molar-refractivity contribution is 6.03. The summed E-state index contributed by atoms with van der Waals surface area (Å²) in [6.45, 7) is 0.611. The molecular formula is C24H19F3N6O. The van der Waals surface area contributed by atoms with Crippen molar-refractivity contribution in [3.63, 3.8) is 0 Å². The lowest BCUT2D eigenvalue weighted by Crippen LogP contribution is -2.13. The van der Waals surface area contributed by atoms with Gasteiger partial charge in [0.2, 0.25) is 5.95 Å². The first-order valence-electron chi connectivity index (χ1n) is 10.4. The van der Waals surface area contributed by atoms with Gasteiger partial charge in [-0.15, -0.1) is 0 Å². The molecule has 3 aromatic heterocycles. The van der Waals surface area contributed by atoms with Crippen LogP contribution in [0.4, 0.5) is 19.1 Å². The molecule has 0 aliphatic carbocycles. The van der Waals surface area contributed by atoms with Crippen LogP contribution >= 0.6 is 0 Å². The van der Waals surface area contributed by atoms with Crippen LogP contribution < -0.4 is 10.6 Å². The third-order valence-electron chi connectivity index (χ3n) is 5.40. The first-order valence-corrected chi connectivity index (χ1v) is 10.4. The molecule has 0 saturated carbocycles. The summed E-state index contributed by atoms with van der Waals surface area (Å²) in [5.41, 5.74) is 3.32. The zero-order valence-electron chi connectivity index (χ0n) is 17.9. The lowest BCUT2D eigenvalue weighted by atomic mass is 10.0. The molecule has 2 aromatic carbocycles. The summed E-state index contributed by atoms with van der Waals surface area (Å²) in [7, 11) is 1.83. The van der Waals surface area contributed by atoms with Crippen LogP contribution in [0, 0.1) is 0 Å². The maximum Gasteiger partial charge on any atom is 0.416 e. The second-order valence-corrected chi connectivity index (χ2v) is 7.77. The minimum atomic E-state index is -4.42. The Morgan fingerprint density at radius 3 is 2.68 bits per heavy atom. The number of hydrogen-bond donors (Lipinski definition) is 3. The summed E-state index contributed by atoms with van der Waals surface area (Å²) in [5, 5.41) is 5.77. The summed E-state index contributed by atoms with van der Waals surface area (Å²) >= 11 is 0. The van der Waals surface area contributed by atoms with Crippen LogP contribution in [0.25, 0.3) is 27.8 Å². The number of pyridine rings is 1.